The zero-order chi connectivity index (χ0) is 16.0. The fourth-order valence-electron chi connectivity index (χ4n) is 1.78. The molecule has 0 aliphatic heterocycles. The van der Waals surface area contributed by atoms with Gasteiger partial charge in [-0.15, -0.1) is 17.9 Å². The van der Waals surface area contributed by atoms with Crippen molar-refractivity contribution >= 4 is 27.9 Å². The first kappa shape index (κ1) is 17.1. The molecule has 0 saturated heterocycles. The number of nitriles is 1. The number of anilines is 2. The molecule has 1 rings (SSSR count). The highest BCUT2D eigenvalue weighted by Gasteiger charge is 2.22. The molecule has 0 atom stereocenters. The van der Waals surface area contributed by atoms with Gasteiger partial charge in [0.25, 0.3) is 5.91 Å². The number of carbonyl (C=O) groups excluding carboxylic acids is 1. The summed E-state index contributed by atoms with van der Waals surface area (Å²) in [7, 11) is 1.92. The van der Waals surface area contributed by atoms with Crippen LogP contribution in [0, 0.1) is 17.2 Å². The van der Waals surface area contributed by atoms with E-state index in [1.54, 1.807) is 6.08 Å². The maximum absolute atomic E-state index is 12.0. The van der Waals surface area contributed by atoms with Gasteiger partial charge in [-0.1, -0.05) is 19.9 Å². The second-order valence-electron chi connectivity index (χ2n) is 5.24. The third-order valence-corrected chi connectivity index (χ3v) is 4.36. The van der Waals surface area contributed by atoms with Gasteiger partial charge in [0.1, 0.15) is 21.5 Å². The summed E-state index contributed by atoms with van der Waals surface area (Å²) in [5.74, 6) is 0.308. The molecule has 5 nitrogen and oxygen atoms in total. The molecule has 1 heterocycles. The summed E-state index contributed by atoms with van der Waals surface area (Å²) in [6, 6.07) is 2.11. The Balaban J connectivity index is 3.03. The van der Waals surface area contributed by atoms with Crippen LogP contribution >= 0.6 is 11.3 Å². The molecule has 21 heavy (non-hydrogen) atoms. The maximum atomic E-state index is 12.0. The Bertz CT molecular complexity index is 557. The molecule has 114 valence electrons. The summed E-state index contributed by atoms with van der Waals surface area (Å²) in [6.07, 6.45) is 2.61. The molecule has 1 amide bonds. The number of hydrogen-bond donors (Lipinski definition) is 2. The topological polar surface area (TPSA) is 82.2 Å². The van der Waals surface area contributed by atoms with Crippen molar-refractivity contribution in [2.75, 3.05) is 30.8 Å². The number of thiophene rings is 1. The van der Waals surface area contributed by atoms with Gasteiger partial charge in [-0.3, -0.25) is 4.79 Å². The molecule has 6 heteroatoms. The smallest absolute Gasteiger partial charge is 0.263 e. The molecule has 0 aliphatic rings. The standard InChI is InChI=1S/C15H22N4OS/c1-5-7-18-14(20)13-12(17)11(9-16)15(21-13)19(4)8-6-10(2)3/h5,10H,1,6-8,17H2,2-4H3,(H,18,20). The van der Waals surface area contributed by atoms with E-state index < -0.39 is 0 Å². The highest BCUT2D eigenvalue weighted by Crippen LogP contribution is 2.37. The van der Waals surface area contributed by atoms with E-state index in [1.807, 2.05) is 11.9 Å². The minimum absolute atomic E-state index is 0.260. The Kier molecular flexibility index (Phi) is 6.25. The Labute approximate surface area is 130 Å². The van der Waals surface area contributed by atoms with Crippen LogP contribution in [0.1, 0.15) is 35.5 Å². The lowest BCUT2D eigenvalue weighted by atomic mass is 10.1. The zero-order valence-corrected chi connectivity index (χ0v) is 13.6. The predicted molar refractivity (Wildman–Crippen MR) is 88.7 cm³/mol. The van der Waals surface area contributed by atoms with Gasteiger partial charge in [0.15, 0.2) is 0 Å². The number of nitrogen functional groups attached to an aromatic ring is 1. The van der Waals surface area contributed by atoms with E-state index in [2.05, 4.69) is 31.8 Å². The first-order valence-corrected chi connectivity index (χ1v) is 7.66. The Morgan fingerprint density at radius 2 is 2.29 bits per heavy atom. The predicted octanol–water partition coefficient (Wildman–Crippen LogP) is 2.60. The molecular formula is C15H22N4OS. The second-order valence-corrected chi connectivity index (χ2v) is 6.24. The molecule has 0 fully saturated rings. The molecule has 1 aromatic heterocycles. The van der Waals surface area contributed by atoms with Crippen molar-refractivity contribution in [1.82, 2.24) is 5.32 Å². The van der Waals surface area contributed by atoms with E-state index in [1.165, 1.54) is 11.3 Å². The van der Waals surface area contributed by atoms with Crippen LogP contribution in [0.3, 0.4) is 0 Å². The van der Waals surface area contributed by atoms with Crippen molar-refractivity contribution in [3.05, 3.63) is 23.1 Å². The summed E-state index contributed by atoms with van der Waals surface area (Å²) in [5, 5.41) is 12.7. The molecule has 0 unspecified atom stereocenters. The average molecular weight is 306 g/mol. The van der Waals surface area contributed by atoms with Gasteiger partial charge in [-0.25, -0.2) is 0 Å². The highest BCUT2D eigenvalue weighted by atomic mass is 32.1. The molecule has 0 bridgehead atoms. The van der Waals surface area contributed by atoms with E-state index >= 15 is 0 Å². The molecule has 0 spiro atoms. The van der Waals surface area contributed by atoms with E-state index in [-0.39, 0.29) is 11.6 Å². The second kappa shape index (κ2) is 7.70. The fourth-order valence-corrected chi connectivity index (χ4v) is 2.85. The van der Waals surface area contributed by atoms with Crippen molar-refractivity contribution in [3.8, 4) is 6.07 Å². The van der Waals surface area contributed by atoms with Crippen molar-refractivity contribution in [2.24, 2.45) is 5.92 Å². The summed E-state index contributed by atoms with van der Waals surface area (Å²) in [4.78, 5) is 14.4. The number of nitrogens with one attached hydrogen (secondary N) is 1. The molecule has 0 aromatic carbocycles. The van der Waals surface area contributed by atoms with Gasteiger partial charge in [-0.05, 0) is 12.3 Å². The number of hydrogen-bond acceptors (Lipinski definition) is 5. The zero-order valence-electron chi connectivity index (χ0n) is 12.8. The quantitative estimate of drug-likeness (QED) is 0.759. The SMILES string of the molecule is C=CCNC(=O)c1sc(N(C)CCC(C)C)c(C#N)c1N. The Morgan fingerprint density at radius 3 is 2.81 bits per heavy atom. The van der Waals surface area contributed by atoms with E-state index in [0.29, 0.717) is 22.9 Å². The van der Waals surface area contributed by atoms with Crippen LogP contribution in [0.25, 0.3) is 0 Å². The van der Waals surface area contributed by atoms with Gasteiger partial charge in [0, 0.05) is 20.1 Å². The third-order valence-electron chi connectivity index (χ3n) is 3.04. The Morgan fingerprint density at radius 1 is 1.62 bits per heavy atom. The van der Waals surface area contributed by atoms with Gasteiger partial charge in [-0.2, -0.15) is 5.26 Å². The van der Waals surface area contributed by atoms with E-state index in [9.17, 15) is 10.1 Å². The first-order chi connectivity index (χ1) is 9.92. The number of rotatable bonds is 7. The number of amides is 1. The number of nitrogens with two attached hydrogens (primary N) is 1. The molecule has 3 N–H and O–H groups in total. The van der Waals surface area contributed by atoms with Crippen LogP contribution in [0.2, 0.25) is 0 Å². The van der Waals surface area contributed by atoms with Crippen LogP contribution < -0.4 is 16.0 Å². The van der Waals surface area contributed by atoms with Gasteiger partial charge >= 0.3 is 0 Å². The lowest BCUT2D eigenvalue weighted by molar-refractivity contribution is 0.0963. The molecular weight excluding hydrogens is 284 g/mol. The van der Waals surface area contributed by atoms with Crippen molar-refractivity contribution in [3.63, 3.8) is 0 Å². The fraction of sp³-hybridized carbons (Fsp3) is 0.467. The minimum Gasteiger partial charge on any atom is -0.396 e. The van der Waals surface area contributed by atoms with Crippen LogP contribution in [-0.2, 0) is 0 Å². The molecule has 1 aromatic rings. The van der Waals surface area contributed by atoms with Gasteiger partial charge < -0.3 is 16.0 Å². The largest absolute Gasteiger partial charge is 0.396 e. The van der Waals surface area contributed by atoms with Crippen LogP contribution in [-0.4, -0.2) is 26.0 Å². The Hall–Kier alpha value is -2.00. The monoisotopic (exact) mass is 306 g/mol. The van der Waals surface area contributed by atoms with Crippen molar-refractivity contribution in [2.45, 2.75) is 20.3 Å². The summed E-state index contributed by atoms with van der Waals surface area (Å²) >= 11 is 1.26. The van der Waals surface area contributed by atoms with Gasteiger partial charge in [0.2, 0.25) is 0 Å². The van der Waals surface area contributed by atoms with Crippen LogP contribution in [0.4, 0.5) is 10.7 Å². The summed E-state index contributed by atoms with van der Waals surface area (Å²) in [6.45, 7) is 9.04. The number of nitrogens with zero attached hydrogens (tertiary/aromatic N) is 2. The van der Waals surface area contributed by atoms with Crippen molar-refractivity contribution < 1.29 is 4.79 Å². The normalized spacial score (nSPS) is 10.2. The van der Waals surface area contributed by atoms with Crippen molar-refractivity contribution in [1.29, 1.82) is 5.26 Å². The van der Waals surface area contributed by atoms with E-state index in [4.69, 9.17) is 5.73 Å². The van der Waals surface area contributed by atoms with Gasteiger partial charge in [0.05, 0.1) is 5.69 Å². The average Bonchev–Trinajstić information content (AvgIpc) is 2.79. The lowest BCUT2D eigenvalue weighted by Gasteiger charge is -2.18. The first-order valence-electron chi connectivity index (χ1n) is 6.84. The van der Waals surface area contributed by atoms with Crippen LogP contribution in [0.5, 0.6) is 0 Å². The maximum Gasteiger partial charge on any atom is 0.263 e. The summed E-state index contributed by atoms with van der Waals surface area (Å²) < 4.78 is 0. The lowest BCUT2D eigenvalue weighted by Crippen LogP contribution is -2.23. The third kappa shape index (κ3) is 4.23. The number of carbonyl (C=O) groups is 1. The minimum atomic E-state index is -0.266. The molecule has 0 saturated carbocycles. The van der Waals surface area contributed by atoms with Crippen LogP contribution in [0.15, 0.2) is 12.7 Å². The molecule has 0 radical (unpaired) electrons. The highest BCUT2D eigenvalue weighted by molar-refractivity contribution is 7.19. The molecule has 0 aliphatic carbocycles. The van der Waals surface area contributed by atoms with E-state index in [0.717, 1.165) is 18.0 Å². The summed E-state index contributed by atoms with van der Waals surface area (Å²) in [5.41, 5.74) is 6.60.